The van der Waals surface area contributed by atoms with Gasteiger partial charge < -0.3 is 5.32 Å². The molecule has 1 amide bonds. The third-order valence-electron chi connectivity index (χ3n) is 2.96. The molecule has 0 fully saturated rings. The smallest absolute Gasteiger partial charge is 0.251 e. The summed E-state index contributed by atoms with van der Waals surface area (Å²) in [6.45, 7) is 0.716. The predicted molar refractivity (Wildman–Crippen MR) is 76.0 cm³/mol. The molecule has 1 aromatic carbocycles. The van der Waals surface area contributed by atoms with Gasteiger partial charge in [0, 0.05) is 24.5 Å². The molecule has 19 heavy (non-hydrogen) atoms. The fourth-order valence-corrected chi connectivity index (χ4v) is 1.91. The lowest BCUT2D eigenvalue weighted by Gasteiger charge is -2.05. The SMILES string of the molecule is O=C(NCCCCc1ccccc1)c1ccncc1. The Labute approximate surface area is 113 Å². The number of carbonyl (C=O) groups excluding carboxylic acids is 1. The second kappa shape index (κ2) is 7.31. The van der Waals surface area contributed by atoms with E-state index >= 15 is 0 Å². The van der Waals surface area contributed by atoms with Gasteiger partial charge in [-0.25, -0.2) is 0 Å². The number of pyridine rings is 1. The second-order valence-electron chi connectivity index (χ2n) is 4.43. The number of carbonyl (C=O) groups is 1. The molecule has 3 nitrogen and oxygen atoms in total. The zero-order chi connectivity index (χ0) is 13.3. The summed E-state index contributed by atoms with van der Waals surface area (Å²) in [6.07, 6.45) is 6.40. The largest absolute Gasteiger partial charge is 0.352 e. The number of aryl methyl sites for hydroxylation is 1. The Morgan fingerprint density at radius 1 is 1.00 bits per heavy atom. The van der Waals surface area contributed by atoms with Crippen molar-refractivity contribution in [2.45, 2.75) is 19.3 Å². The lowest BCUT2D eigenvalue weighted by Crippen LogP contribution is -2.24. The fourth-order valence-electron chi connectivity index (χ4n) is 1.91. The van der Waals surface area contributed by atoms with E-state index in [9.17, 15) is 4.79 Å². The van der Waals surface area contributed by atoms with Crippen LogP contribution in [0.15, 0.2) is 54.9 Å². The van der Waals surface area contributed by atoms with Gasteiger partial charge >= 0.3 is 0 Å². The second-order valence-corrected chi connectivity index (χ2v) is 4.43. The van der Waals surface area contributed by atoms with E-state index in [4.69, 9.17) is 0 Å². The normalized spacial score (nSPS) is 10.1. The van der Waals surface area contributed by atoms with Crippen LogP contribution in [0.4, 0.5) is 0 Å². The predicted octanol–water partition coefficient (Wildman–Crippen LogP) is 2.83. The Kier molecular flexibility index (Phi) is 5.11. The number of aromatic nitrogens is 1. The van der Waals surface area contributed by atoms with Crippen LogP contribution in [0.3, 0.4) is 0 Å². The molecular formula is C16H18N2O. The molecule has 2 aromatic rings. The molecule has 1 N–H and O–H groups in total. The van der Waals surface area contributed by atoms with Crippen LogP contribution in [0.2, 0.25) is 0 Å². The van der Waals surface area contributed by atoms with Crippen molar-refractivity contribution in [3.63, 3.8) is 0 Å². The number of amides is 1. The molecule has 0 saturated heterocycles. The fraction of sp³-hybridized carbons (Fsp3) is 0.250. The lowest BCUT2D eigenvalue weighted by atomic mass is 10.1. The van der Waals surface area contributed by atoms with E-state index in [-0.39, 0.29) is 5.91 Å². The van der Waals surface area contributed by atoms with Crippen molar-refractivity contribution < 1.29 is 4.79 Å². The average Bonchev–Trinajstić information content (AvgIpc) is 2.49. The number of rotatable bonds is 6. The maximum atomic E-state index is 11.7. The van der Waals surface area contributed by atoms with Crippen LogP contribution in [0.5, 0.6) is 0 Å². The van der Waals surface area contributed by atoms with Crippen molar-refractivity contribution in [3.05, 3.63) is 66.0 Å². The molecule has 0 unspecified atom stereocenters. The van der Waals surface area contributed by atoms with E-state index in [1.54, 1.807) is 24.5 Å². The van der Waals surface area contributed by atoms with Crippen molar-refractivity contribution in [1.82, 2.24) is 10.3 Å². The first-order chi connectivity index (χ1) is 9.36. The summed E-state index contributed by atoms with van der Waals surface area (Å²) in [7, 11) is 0. The molecule has 2 rings (SSSR count). The highest BCUT2D eigenvalue weighted by molar-refractivity contribution is 5.93. The van der Waals surface area contributed by atoms with Crippen LogP contribution in [0, 0.1) is 0 Å². The molecule has 0 radical (unpaired) electrons. The highest BCUT2D eigenvalue weighted by Crippen LogP contribution is 2.04. The molecule has 0 saturated carbocycles. The van der Waals surface area contributed by atoms with Crippen molar-refractivity contribution >= 4 is 5.91 Å². The third-order valence-corrected chi connectivity index (χ3v) is 2.96. The van der Waals surface area contributed by atoms with E-state index in [0.29, 0.717) is 12.1 Å². The standard InChI is InChI=1S/C16H18N2O/c19-16(15-9-12-17-13-10-15)18-11-5-4-8-14-6-2-1-3-7-14/h1-3,6-7,9-10,12-13H,4-5,8,11H2,(H,18,19). The number of nitrogens with zero attached hydrogens (tertiary/aromatic N) is 1. The molecule has 0 aliphatic carbocycles. The van der Waals surface area contributed by atoms with Gasteiger partial charge in [-0.1, -0.05) is 30.3 Å². The topological polar surface area (TPSA) is 42.0 Å². The summed E-state index contributed by atoms with van der Waals surface area (Å²) in [6, 6.07) is 13.9. The summed E-state index contributed by atoms with van der Waals surface area (Å²) in [5, 5.41) is 2.92. The summed E-state index contributed by atoms with van der Waals surface area (Å²) < 4.78 is 0. The minimum atomic E-state index is -0.0258. The van der Waals surface area contributed by atoms with Crippen LogP contribution >= 0.6 is 0 Å². The summed E-state index contributed by atoms with van der Waals surface area (Å²) in [5.74, 6) is -0.0258. The highest BCUT2D eigenvalue weighted by Gasteiger charge is 2.02. The van der Waals surface area contributed by atoms with E-state index in [2.05, 4.69) is 34.6 Å². The number of hydrogen-bond acceptors (Lipinski definition) is 2. The lowest BCUT2D eigenvalue weighted by molar-refractivity contribution is 0.0953. The van der Waals surface area contributed by atoms with Crippen LogP contribution in [0.1, 0.15) is 28.8 Å². The highest BCUT2D eigenvalue weighted by atomic mass is 16.1. The van der Waals surface area contributed by atoms with E-state index in [1.807, 2.05) is 6.07 Å². The Hall–Kier alpha value is -2.16. The van der Waals surface area contributed by atoms with Crippen LogP contribution in [-0.4, -0.2) is 17.4 Å². The van der Waals surface area contributed by atoms with Crippen molar-refractivity contribution in [2.75, 3.05) is 6.54 Å². The Morgan fingerprint density at radius 3 is 2.47 bits per heavy atom. The number of hydrogen-bond donors (Lipinski definition) is 1. The summed E-state index contributed by atoms with van der Waals surface area (Å²) in [5.41, 5.74) is 2.01. The molecule has 0 aliphatic heterocycles. The zero-order valence-electron chi connectivity index (χ0n) is 10.9. The molecule has 3 heteroatoms. The summed E-state index contributed by atoms with van der Waals surface area (Å²) in [4.78, 5) is 15.6. The molecule has 98 valence electrons. The minimum absolute atomic E-state index is 0.0258. The van der Waals surface area contributed by atoms with Crippen LogP contribution < -0.4 is 5.32 Å². The Balaban J connectivity index is 1.63. The minimum Gasteiger partial charge on any atom is -0.352 e. The molecule has 1 heterocycles. The number of benzene rings is 1. The van der Waals surface area contributed by atoms with Gasteiger partial charge in [0.25, 0.3) is 5.91 Å². The number of unbranched alkanes of at least 4 members (excludes halogenated alkanes) is 1. The quantitative estimate of drug-likeness (QED) is 0.805. The average molecular weight is 254 g/mol. The molecule has 0 spiro atoms. The Bertz CT molecular complexity index is 497. The van der Waals surface area contributed by atoms with Gasteiger partial charge in [-0.2, -0.15) is 0 Å². The van der Waals surface area contributed by atoms with Crippen molar-refractivity contribution in [3.8, 4) is 0 Å². The van der Waals surface area contributed by atoms with Crippen LogP contribution in [0.25, 0.3) is 0 Å². The van der Waals surface area contributed by atoms with E-state index < -0.39 is 0 Å². The van der Waals surface area contributed by atoms with Crippen molar-refractivity contribution in [2.24, 2.45) is 0 Å². The van der Waals surface area contributed by atoms with Gasteiger partial charge in [0.15, 0.2) is 0 Å². The summed E-state index contributed by atoms with van der Waals surface area (Å²) >= 11 is 0. The van der Waals surface area contributed by atoms with Crippen LogP contribution in [-0.2, 0) is 6.42 Å². The molecule has 0 bridgehead atoms. The maximum absolute atomic E-state index is 11.7. The maximum Gasteiger partial charge on any atom is 0.251 e. The third kappa shape index (κ3) is 4.54. The van der Waals surface area contributed by atoms with Crippen molar-refractivity contribution in [1.29, 1.82) is 0 Å². The first kappa shape index (κ1) is 13.3. The molecule has 1 aromatic heterocycles. The van der Waals surface area contributed by atoms with Gasteiger partial charge in [-0.15, -0.1) is 0 Å². The zero-order valence-corrected chi connectivity index (χ0v) is 10.9. The monoisotopic (exact) mass is 254 g/mol. The van der Waals surface area contributed by atoms with Gasteiger partial charge in [-0.05, 0) is 37.0 Å². The molecular weight excluding hydrogens is 236 g/mol. The Morgan fingerprint density at radius 2 is 1.74 bits per heavy atom. The molecule has 0 aliphatic rings. The number of nitrogens with one attached hydrogen (secondary N) is 1. The van der Waals surface area contributed by atoms with Gasteiger partial charge in [-0.3, -0.25) is 9.78 Å². The first-order valence-electron chi connectivity index (χ1n) is 6.58. The molecule has 0 atom stereocenters. The van der Waals surface area contributed by atoms with E-state index in [0.717, 1.165) is 19.3 Å². The van der Waals surface area contributed by atoms with E-state index in [1.165, 1.54) is 5.56 Å². The van der Waals surface area contributed by atoms with Gasteiger partial charge in [0.1, 0.15) is 0 Å². The van der Waals surface area contributed by atoms with Gasteiger partial charge in [0.05, 0.1) is 0 Å². The van der Waals surface area contributed by atoms with Gasteiger partial charge in [0.2, 0.25) is 0 Å². The first-order valence-corrected chi connectivity index (χ1v) is 6.58.